The van der Waals surface area contributed by atoms with Gasteiger partial charge in [-0.2, -0.15) is 0 Å². The van der Waals surface area contributed by atoms with Crippen molar-refractivity contribution in [2.24, 2.45) is 0 Å². The van der Waals surface area contributed by atoms with Crippen LogP contribution < -0.4 is 10.1 Å². The number of benzene rings is 1. The summed E-state index contributed by atoms with van der Waals surface area (Å²) in [5.74, 6) is 0.908. The van der Waals surface area contributed by atoms with Crippen LogP contribution in [0.3, 0.4) is 0 Å². The first-order chi connectivity index (χ1) is 10.1. The molecule has 0 aromatic heterocycles. The number of nitrogens with one attached hydrogen (secondary N) is 1. The highest BCUT2D eigenvalue weighted by molar-refractivity contribution is 5.27. The van der Waals surface area contributed by atoms with Gasteiger partial charge in [-0.05, 0) is 50.4 Å². The zero-order chi connectivity index (χ0) is 15.6. The van der Waals surface area contributed by atoms with Gasteiger partial charge in [-0.25, -0.2) is 0 Å². The average molecular weight is 293 g/mol. The second kappa shape index (κ2) is 9.80. The van der Waals surface area contributed by atoms with E-state index in [9.17, 15) is 5.11 Å². The third-order valence-electron chi connectivity index (χ3n) is 3.82. The number of ether oxygens (including phenoxy) is 1. The van der Waals surface area contributed by atoms with E-state index in [1.807, 2.05) is 19.1 Å². The molecule has 1 rings (SSSR count). The normalized spacial score (nSPS) is 13.9. The standard InChI is InChI=1S/C18H31NO2/c1-4-6-7-16-8-10-17(11-9-16)21-14-12-18(3,15-20)19-13-5-2/h8-11,19-20H,4-7,12-15H2,1-3H3. The minimum atomic E-state index is -0.253. The second-order valence-electron chi connectivity index (χ2n) is 5.99. The molecule has 0 heterocycles. The van der Waals surface area contributed by atoms with Crippen LogP contribution in [0.25, 0.3) is 0 Å². The summed E-state index contributed by atoms with van der Waals surface area (Å²) in [5.41, 5.74) is 1.12. The summed E-state index contributed by atoms with van der Waals surface area (Å²) >= 11 is 0. The molecule has 0 aliphatic heterocycles. The molecule has 0 aliphatic rings. The zero-order valence-corrected chi connectivity index (χ0v) is 13.8. The molecule has 3 nitrogen and oxygen atoms in total. The van der Waals surface area contributed by atoms with Gasteiger partial charge in [0.1, 0.15) is 5.75 Å². The molecular weight excluding hydrogens is 262 g/mol. The van der Waals surface area contributed by atoms with Gasteiger partial charge in [-0.1, -0.05) is 32.4 Å². The molecule has 2 N–H and O–H groups in total. The number of hydrogen-bond donors (Lipinski definition) is 2. The van der Waals surface area contributed by atoms with Crippen LogP contribution in [-0.2, 0) is 6.42 Å². The van der Waals surface area contributed by atoms with Gasteiger partial charge in [0.2, 0.25) is 0 Å². The van der Waals surface area contributed by atoms with Crippen molar-refractivity contribution in [1.29, 1.82) is 0 Å². The van der Waals surface area contributed by atoms with E-state index in [2.05, 4.69) is 31.3 Å². The Morgan fingerprint density at radius 1 is 1.14 bits per heavy atom. The maximum absolute atomic E-state index is 9.51. The van der Waals surface area contributed by atoms with Crippen molar-refractivity contribution in [1.82, 2.24) is 5.32 Å². The molecule has 0 saturated carbocycles. The van der Waals surface area contributed by atoms with Gasteiger partial charge in [0.15, 0.2) is 0 Å². The molecule has 0 spiro atoms. The van der Waals surface area contributed by atoms with E-state index < -0.39 is 0 Å². The first-order valence-corrected chi connectivity index (χ1v) is 8.21. The second-order valence-corrected chi connectivity index (χ2v) is 5.99. The number of aryl methyl sites for hydroxylation is 1. The highest BCUT2D eigenvalue weighted by Crippen LogP contribution is 2.16. The van der Waals surface area contributed by atoms with Crippen LogP contribution >= 0.6 is 0 Å². The van der Waals surface area contributed by atoms with Crippen LogP contribution in [0.15, 0.2) is 24.3 Å². The number of unbranched alkanes of at least 4 members (excludes halogenated alkanes) is 1. The summed E-state index contributed by atoms with van der Waals surface area (Å²) in [7, 11) is 0. The first kappa shape index (κ1) is 18.0. The molecule has 1 aromatic rings. The van der Waals surface area contributed by atoms with E-state index in [0.29, 0.717) is 6.61 Å². The molecule has 0 fully saturated rings. The van der Waals surface area contributed by atoms with Gasteiger partial charge < -0.3 is 15.2 Å². The third kappa shape index (κ3) is 6.96. The van der Waals surface area contributed by atoms with Crippen LogP contribution in [-0.4, -0.2) is 30.4 Å². The highest BCUT2D eigenvalue weighted by atomic mass is 16.5. The quantitative estimate of drug-likeness (QED) is 0.655. The molecule has 0 aliphatic carbocycles. The van der Waals surface area contributed by atoms with Gasteiger partial charge in [0.25, 0.3) is 0 Å². The molecule has 1 unspecified atom stereocenters. The smallest absolute Gasteiger partial charge is 0.119 e. The Hall–Kier alpha value is -1.06. The molecule has 0 bridgehead atoms. The van der Waals surface area contributed by atoms with Crippen LogP contribution in [0.4, 0.5) is 0 Å². The van der Waals surface area contributed by atoms with Crippen molar-refractivity contribution in [2.75, 3.05) is 19.8 Å². The van der Waals surface area contributed by atoms with E-state index in [-0.39, 0.29) is 12.1 Å². The molecule has 120 valence electrons. The third-order valence-corrected chi connectivity index (χ3v) is 3.82. The fourth-order valence-corrected chi connectivity index (χ4v) is 2.18. The molecule has 1 aromatic carbocycles. The SMILES string of the molecule is CCCCc1ccc(OCCC(C)(CO)NCCC)cc1. The van der Waals surface area contributed by atoms with Crippen molar-refractivity contribution >= 4 is 0 Å². The number of aliphatic hydroxyl groups is 1. The lowest BCUT2D eigenvalue weighted by molar-refractivity contribution is 0.144. The number of hydrogen-bond acceptors (Lipinski definition) is 3. The topological polar surface area (TPSA) is 41.5 Å². The van der Waals surface area contributed by atoms with Gasteiger partial charge in [0, 0.05) is 12.0 Å². The monoisotopic (exact) mass is 293 g/mol. The Morgan fingerprint density at radius 3 is 2.43 bits per heavy atom. The largest absolute Gasteiger partial charge is 0.494 e. The Morgan fingerprint density at radius 2 is 1.86 bits per heavy atom. The molecule has 0 saturated heterocycles. The first-order valence-electron chi connectivity index (χ1n) is 8.21. The van der Waals surface area contributed by atoms with E-state index >= 15 is 0 Å². The summed E-state index contributed by atoms with van der Waals surface area (Å²) in [4.78, 5) is 0. The lowest BCUT2D eigenvalue weighted by atomic mass is 9.99. The zero-order valence-electron chi connectivity index (χ0n) is 13.8. The van der Waals surface area contributed by atoms with Crippen molar-refractivity contribution in [3.05, 3.63) is 29.8 Å². The van der Waals surface area contributed by atoms with Crippen LogP contribution in [0.1, 0.15) is 52.0 Å². The molecule has 1 atom stereocenters. The minimum Gasteiger partial charge on any atom is -0.494 e. The lowest BCUT2D eigenvalue weighted by Gasteiger charge is -2.28. The maximum Gasteiger partial charge on any atom is 0.119 e. The summed E-state index contributed by atoms with van der Waals surface area (Å²) in [6, 6.07) is 8.37. The van der Waals surface area contributed by atoms with E-state index in [1.54, 1.807) is 0 Å². The molecule has 3 heteroatoms. The van der Waals surface area contributed by atoms with E-state index in [4.69, 9.17) is 4.74 Å². The van der Waals surface area contributed by atoms with E-state index in [1.165, 1.54) is 18.4 Å². The van der Waals surface area contributed by atoms with E-state index in [0.717, 1.165) is 31.6 Å². The fourth-order valence-electron chi connectivity index (χ4n) is 2.18. The Kier molecular flexibility index (Phi) is 8.40. The summed E-state index contributed by atoms with van der Waals surface area (Å²) in [6.07, 6.45) is 5.46. The highest BCUT2D eigenvalue weighted by Gasteiger charge is 2.21. The fraction of sp³-hybridized carbons (Fsp3) is 0.667. The summed E-state index contributed by atoms with van der Waals surface area (Å²) in [5, 5.41) is 12.9. The average Bonchev–Trinajstić information content (AvgIpc) is 2.52. The van der Waals surface area contributed by atoms with Crippen LogP contribution in [0.2, 0.25) is 0 Å². The Bertz CT molecular complexity index is 377. The lowest BCUT2D eigenvalue weighted by Crippen LogP contribution is -2.47. The van der Waals surface area contributed by atoms with Crippen molar-refractivity contribution in [3.8, 4) is 5.75 Å². The van der Waals surface area contributed by atoms with Crippen molar-refractivity contribution in [2.45, 2.75) is 58.4 Å². The van der Waals surface area contributed by atoms with Crippen LogP contribution in [0.5, 0.6) is 5.75 Å². The number of rotatable bonds is 11. The Labute approximate surface area is 129 Å². The molecular formula is C18H31NO2. The van der Waals surface area contributed by atoms with Crippen molar-refractivity contribution < 1.29 is 9.84 Å². The van der Waals surface area contributed by atoms with Crippen molar-refractivity contribution in [3.63, 3.8) is 0 Å². The van der Waals surface area contributed by atoms with Gasteiger partial charge >= 0.3 is 0 Å². The van der Waals surface area contributed by atoms with Crippen LogP contribution in [0, 0.1) is 0 Å². The summed E-state index contributed by atoms with van der Waals surface area (Å²) in [6.45, 7) is 8.04. The molecule has 0 radical (unpaired) electrons. The molecule has 21 heavy (non-hydrogen) atoms. The maximum atomic E-state index is 9.51. The number of aliphatic hydroxyl groups excluding tert-OH is 1. The minimum absolute atomic E-state index is 0.131. The predicted octanol–water partition coefficient (Wildman–Crippen LogP) is 3.55. The molecule has 0 amide bonds. The predicted molar refractivity (Wildman–Crippen MR) is 89.0 cm³/mol. The Balaban J connectivity index is 2.37. The van der Waals surface area contributed by atoms with Gasteiger partial charge in [-0.15, -0.1) is 0 Å². The summed E-state index contributed by atoms with van der Waals surface area (Å²) < 4.78 is 5.79. The van der Waals surface area contributed by atoms with Gasteiger partial charge in [-0.3, -0.25) is 0 Å². The van der Waals surface area contributed by atoms with Gasteiger partial charge in [0.05, 0.1) is 13.2 Å².